The molecule has 0 amide bonds. The van der Waals surface area contributed by atoms with Crippen molar-refractivity contribution in [2.45, 2.75) is 51.9 Å². The van der Waals surface area contributed by atoms with Gasteiger partial charge in [-0.15, -0.1) is 0 Å². The second kappa shape index (κ2) is 5.50. The van der Waals surface area contributed by atoms with E-state index in [0.29, 0.717) is 5.41 Å². The van der Waals surface area contributed by atoms with Gasteiger partial charge in [0.2, 0.25) is 0 Å². The molecule has 0 aromatic carbocycles. The van der Waals surface area contributed by atoms with Crippen molar-refractivity contribution in [1.29, 1.82) is 0 Å². The molecule has 2 aliphatic rings. The van der Waals surface area contributed by atoms with Gasteiger partial charge in [-0.3, -0.25) is 0 Å². The van der Waals surface area contributed by atoms with Gasteiger partial charge in [0, 0.05) is 0 Å². The molecule has 1 saturated heterocycles. The third-order valence-electron chi connectivity index (χ3n) is 5.09. The molecule has 0 aromatic heterocycles. The van der Waals surface area contributed by atoms with Crippen molar-refractivity contribution in [2.75, 3.05) is 26.2 Å². The highest BCUT2D eigenvalue weighted by Crippen LogP contribution is 2.43. The fourth-order valence-electron chi connectivity index (χ4n) is 3.25. The Morgan fingerprint density at radius 1 is 1.25 bits per heavy atom. The predicted molar refractivity (Wildman–Crippen MR) is 69.4 cm³/mol. The molecule has 2 fully saturated rings. The van der Waals surface area contributed by atoms with Crippen LogP contribution in [0.15, 0.2) is 0 Å². The highest BCUT2D eigenvalue weighted by molar-refractivity contribution is 4.89. The monoisotopic (exact) mass is 224 g/mol. The van der Waals surface area contributed by atoms with Crippen LogP contribution in [-0.4, -0.2) is 31.1 Å². The molecule has 0 atom stereocenters. The lowest BCUT2D eigenvalue weighted by molar-refractivity contribution is 0.0923. The number of hydrogen-bond acceptors (Lipinski definition) is 2. The molecule has 2 nitrogen and oxygen atoms in total. The first-order valence-electron chi connectivity index (χ1n) is 7.20. The van der Waals surface area contributed by atoms with Crippen LogP contribution in [0.25, 0.3) is 0 Å². The number of rotatable bonds is 5. The van der Waals surface area contributed by atoms with Crippen molar-refractivity contribution in [3.05, 3.63) is 0 Å². The van der Waals surface area contributed by atoms with E-state index in [1.54, 1.807) is 0 Å². The van der Waals surface area contributed by atoms with Gasteiger partial charge in [-0.2, -0.15) is 0 Å². The Balaban J connectivity index is 1.67. The minimum Gasteiger partial charge on any atom is -0.330 e. The van der Waals surface area contributed by atoms with E-state index in [4.69, 9.17) is 5.73 Å². The Hall–Kier alpha value is -0.0800. The zero-order valence-electron chi connectivity index (χ0n) is 10.9. The summed E-state index contributed by atoms with van der Waals surface area (Å²) < 4.78 is 0. The van der Waals surface area contributed by atoms with E-state index in [9.17, 15) is 0 Å². The predicted octanol–water partition coefficient (Wildman–Crippen LogP) is 2.63. The van der Waals surface area contributed by atoms with Gasteiger partial charge < -0.3 is 10.6 Å². The topological polar surface area (TPSA) is 29.3 Å². The highest BCUT2D eigenvalue weighted by atomic mass is 15.1. The molecule has 2 rings (SSSR count). The normalized spacial score (nSPS) is 26.6. The Morgan fingerprint density at radius 3 is 2.38 bits per heavy atom. The average molecular weight is 224 g/mol. The summed E-state index contributed by atoms with van der Waals surface area (Å²) >= 11 is 0. The summed E-state index contributed by atoms with van der Waals surface area (Å²) in [5.74, 6) is 1.00. The van der Waals surface area contributed by atoms with Crippen molar-refractivity contribution < 1.29 is 0 Å². The third kappa shape index (κ3) is 2.78. The molecule has 2 heteroatoms. The zero-order chi connectivity index (χ0) is 11.4. The first-order valence-corrected chi connectivity index (χ1v) is 7.20. The molecule has 1 saturated carbocycles. The van der Waals surface area contributed by atoms with Gasteiger partial charge in [0.1, 0.15) is 0 Å². The van der Waals surface area contributed by atoms with Crippen LogP contribution in [0.4, 0.5) is 0 Å². The molecule has 16 heavy (non-hydrogen) atoms. The summed E-state index contributed by atoms with van der Waals surface area (Å²) in [5.41, 5.74) is 6.45. The number of nitrogens with two attached hydrogens (primary N) is 1. The second-order valence-electron chi connectivity index (χ2n) is 6.00. The Morgan fingerprint density at radius 2 is 1.94 bits per heavy atom. The molecule has 0 spiro atoms. The molecular formula is C14H28N2. The lowest BCUT2D eigenvalue weighted by Crippen LogP contribution is -2.42. The first-order chi connectivity index (χ1) is 7.78. The fourth-order valence-corrected chi connectivity index (χ4v) is 3.25. The third-order valence-corrected chi connectivity index (χ3v) is 5.09. The molecule has 1 aliphatic carbocycles. The maximum Gasteiger partial charge on any atom is -0.00130 e. The molecule has 1 aliphatic heterocycles. The Kier molecular flexibility index (Phi) is 4.26. The average Bonchev–Trinajstić information content (AvgIpc) is 2.29. The van der Waals surface area contributed by atoms with E-state index < -0.39 is 0 Å². The summed E-state index contributed by atoms with van der Waals surface area (Å²) in [6, 6.07) is 0. The van der Waals surface area contributed by atoms with Crippen LogP contribution < -0.4 is 5.73 Å². The van der Waals surface area contributed by atoms with Gasteiger partial charge in [-0.05, 0) is 69.6 Å². The minimum atomic E-state index is 0.543. The first kappa shape index (κ1) is 12.4. The highest BCUT2D eigenvalue weighted by Gasteiger charge is 2.35. The maximum absolute atomic E-state index is 5.91. The van der Waals surface area contributed by atoms with E-state index in [1.165, 1.54) is 64.6 Å². The van der Waals surface area contributed by atoms with Crippen LogP contribution in [0.3, 0.4) is 0 Å². The summed E-state index contributed by atoms with van der Waals surface area (Å²) in [5, 5.41) is 0. The van der Waals surface area contributed by atoms with Gasteiger partial charge in [0.15, 0.2) is 0 Å². The van der Waals surface area contributed by atoms with Crippen LogP contribution in [0.2, 0.25) is 0 Å². The smallest absolute Gasteiger partial charge is 0.00130 e. The fraction of sp³-hybridized carbons (Fsp3) is 1.00. The van der Waals surface area contributed by atoms with Crippen molar-refractivity contribution >= 4 is 0 Å². The van der Waals surface area contributed by atoms with Crippen LogP contribution >= 0.6 is 0 Å². The Labute approximate surface area is 101 Å². The van der Waals surface area contributed by atoms with Gasteiger partial charge in [0.05, 0.1) is 0 Å². The van der Waals surface area contributed by atoms with Crippen LogP contribution in [0, 0.1) is 11.3 Å². The van der Waals surface area contributed by atoms with Crippen molar-refractivity contribution in [3.63, 3.8) is 0 Å². The largest absolute Gasteiger partial charge is 0.330 e. The molecule has 1 heterocycles. The Bertz CT molecular complexity index is 197. The summed E-state index contributed by atoms with van der Waals surface area (Å²) in [6.45, 7) is 7.21. The number of piperidine rings is 1. The van der Waals surface area contributed by atoms with Crippen LogP contribution in [-0.2, 0) is 0 Å². The molecule has 2 N–H and O–H groups in total. The lowest BCUT2D eigenvalue weighted by Gasteiger charge is -2.43. The SMILES string of the molecule is CCC1CCN(CCC2(CN)CCC2)CC1. The minimum absolute atomic E-state index is 0.543. The molecule has 0 aromatic rings. The second-order valence-corrected chi connectivity index (χ2v) is 6.00. The number of nitrogens with zero attached hydrogens (tertiary/aromatic N) is 1. The molecule has 0 radical (unpaired) electrons. The molecule has 0 unspecified atom stereocenters. The summed E-state index contributed by atoms with van der Waals surface area (Å²) in [7, 11) is 0. The quantitative estimate of drug-likeness (QED) is 0.778. The van der Waals surface area contributed by atoms with Gasteiger partial charge in [-0.25, -0.2) is 0 Å². The number of likely N-dealkylation sites (tertiary alicyclic amines) is 1. The van der Waals surface area contributed by atoms with Gasteiger partial charge in [0.25, 0.3) is 0 Å². The van der Waals surface area contributed by atoms with Crippen LogP contribution in [0.5, 0.6) is 0 Å². The summed E-state index contributed by atoms with van der Waals surface area (Å²) in [4.78, 5) is 2.67. The van der Waals surface area contributed by atoms with E-state index in [0.717, 1.165) is 12.5 Å². The van der Waals surface area contributed by atoms with Gasteiger partial charge >= 0.3 is 0 Å². The lowest BCUT2D eigenvalue weighted by atomic mass is 9.66. The van der Waals surface area contributed by atoms with Crippen LogP contribution in [0.1, 0.15) is 51.9 Å². The van der Waals surface area contributed by atoms with E-state index in [-0.39, 0.29) is 0 Å². The maximum atomic E-state index is 5.91. The van der Waals surface area contributed by atoms with E-state index in [1.807, 2.05) is 0 Å². The molecule has 94 valence electrons. The number of hydrogen-bond donors (Lipinski definition) is 1. The van der Waals surface area contributed by atoms with Crippen molar-refractivity contribution in [2.24, 2.45) is 17.1 Å². The van der Waals surface area contributed by atoms with Gasteiger partial charge in [-0.1, -0.05) is 19.8 Å². The molecular weight excluding hydrogens is 196 g/mol. The van der Waals surface area contributed by atoms with E-state index in [2.05, 4.69) is 11.8 Å². The van der Waals surface area contributed by atoms with Crippen molar-refractivity contribution in [1.82, 2.24) is 4.90 Å². The van der Waals surface area contributed by atoms with Crippen molar-refractivity contribution in [3.8, 4) is 0 Å². The standard InChI is InChI=1S/C14H28N2/c1-2-13-4-9-16(10-5-13)11-8-14(12-15)6-3-7-14/h13H,2-12,15H2,1H3. The summed E-state index contributed by atoms with van der Waals surface area (Å²) in [6.07, 6.45) is 9.75. The molecule has 0 bridgehead atoms. The van der Waals surface area contributed by atoms with E-state index >= 15 is 0 Å². The zero-order valence-corrected chi connectivity index (χ0v) is 10.9.